The summed E-state index contributed by atoms with van der Waals surface area (Å²) in [4.78, 5) is 33.3. The zero-order valence-corrected chi connectivity index (χ0v) is 11.2. The summed E-state index contributed by atoms with van der Waals surface area (Å²) in [6.45, 7) is 1.99. The van der Waals surface area contributed by atoms with Crippen LogP contribution in [-0.2, 0) is 19.1 Å². The van der Waals surface area contributed by atoms with Crippen molar-refractivity contribution in [3.63, 3.8) is 0 Å². The Morgan fingerprint density at radius 1 is 1.20 bits per heavy atom. The number of esters is 1. The van der Waals surface area contributed by atoms with Gasteiger partial charge in [-0.25, -0.2) is 0 Å². The average molecular weight is 298 g/mol. The lowest BCUT2D eigenvalue weighted by Crippen LogP contribution is -2.45. The molecule has 0 atom stereocenters. The number of ether oxygens (including phenoxy) is 1. The lowest BCUT2D eigenvalue weighted by atomic mass is 10.3. The second kappa shape index (κ2) is 8.39. The first-order valence-electron chi connectivity index (χ1n) is 5.94. The molecule has 0 radical (unpaired) electrons. The van der Waals surface area contributed by atoms with Crippen molar-refractivity contribution in [3.05, 3.63) is 0 Å². The fraction of sp³-hybridized carbons (Fsp3) is 0.727. The molecule has 0 fully saturated rings. The summed E-state index contributed by atoms with van der Waals surface area (Å²) >= 11 is 0. The average Bonchev–Trinajstić information content (AvgIpc) is 2.31. The molecule has 116 valence electrons. The Bertz CT molecular complexity index is 358. The molecule has 6 nitrogen and oxygen atoms in total. The van der Waals surface area contributed by atoms with E-state index in [4.69, 9.17) is 0 Å². The van der Waals surface area contributed by atoms with E-state index in [9.17, 15) is 27.6 Å². The topological polar surface area (TPSA) is 75.7 Å². The van der Waals surface area contributed by atoms with Gasteiger partial charge in [0.15, 0.2) is 0 Å². The number of nitrogens with one attached hydrogen (secondary N) is 1. The molecular formula is C11H17F3N2O4. The van der Waals surface area contributed by atoms with Crippen LogP contribution >= 0.6 is 0 Å². The van der Waals surface area contributed by atoms with E-state index in [1.807, 2.05) is 0 Å². The molecule has 0 aliphatic heterocycles. The van der Waals surface area contributed by atoms with Crippen LogP contribution in [0.15, 0.2) is 0 Å². The maximum atomic E-state index is 12.4. The maximum Gasteiger partial charge on any atom is 0.471 e. The number of hydrogen-bond acceptors (Lipinski definition) is 4. The zero-order chi connectivity index (χ0) is 15.8. The monoisotopic (exact) mass is 298 g/mol. The lowest BCUT2D eigenvalue weighted by molar-refractivity contribution is -0.185. The fourth-order valence-electron chi connectivity index (χ4n) is 1.32. The first-order valence-corrected chi connectivity index (χ1v) is 5.94. The van der Waals surface area contributed by atoms with Crippen LogP contribution in [0.5, 0.6) is 0 Å². The number of carbonyl (C=O) groups excluding carboxylic acids is 3. The van der Waals surface area contributed by atoms with E-state index >= 15 is 0 Å². The Morgan fingerprint density at radius 2 is 1.80 bits per heavy atom. The Morgan fingerprint density at radius 3 is 2.25 bits per heavy atom. The van der Waals surface area contributed by atoms with Crippen molar-refractivity contribution in [3.8, 4) is 0 Å². The Kier molecular flexibility index (Phi) is 7.63. The van der Waals surface area contributed by atoms with Gasteiger partial charge in [0.2, 0.25) is 5.91 Å². The first-order chi connectivity index (χ1) is 9.18. The largest absolute Gasteiger partial charge is 0.471 e. The molecule has 0 spiro atoms. The molecule has 20 heavy (non-hydrogen) atoms. The molecule has 0 heterocycles. The third-order valence-electron chi connectivity index (χ3n) is 2.18. The van der Waals surface area contributed by atoms with E-state index in [0.717, 1.165) is 0 Å². The molecule has 1 N–H and O–H groups in total. The van der Waals surface area contributed by atoms with Crippen molar-refractivity contribution in [1.82, 2.24) is 10.2 Å². The molecule has 0 aromatic carbocycles. The van der Waals surface area contributed by atoms with Gasteiger partial charge in [-0.15, -0.1) is 0 Å². The number of rotatable bonds is 7. The predicted molar refractivity (Wildman–Crippen MR) is 62.6 cm³/mol. The van der Waals surface area contributed by atoms with E-state index in [1.165, 1.54) is 6.92 Å². The number of carbonyl (C=O) groups is 3. The van der Waals surface area contributed by atoms with Gasteiger partial charge < -0.3 is 15.0 Å². The van der Waals surface area contributed by atoms with Crippen molar-refractivity contribution in [2.24, 2.45) is 0 Å². The Labute approximate surface area is 114 Å². The van der Waals surface area contributed by atoms with Crippen LogP contribution in [0.1, 0.15) is 20.3 Å². The van der Waals surface area contributed by atoms with Crippen molar-refractivity contribution in [2.45, 2.75) is 26.4 Å². The van der Waals surface area contributed by atoms with E-state index in [0.29, 0.717) is 4.90 Å². The number of hydrogen-bond donors (Lipinski definition) is 1. The molecule has 0 aliphatic rings. The second-order valence-electron chi connectivity index (χ2n) is 3.83. The van der Waals surface area contributed by atoms with Crippen molar-refractivity contribution >= 4 is 17.8 Å². The third kappa shape index (κ3) is 7.59. The normalized spacial score (nSPS) is 10.8. The minimum absolute atomic E-state index is 0.109. The SMILES string of the molecule is CCOC(=O)CCN(CCNC(C)=O)C(=O)C(F)(F)F. The molecule has 0 aromatic rings. The van der Waals surface area contributed by atoms with E-state index in [1.54, 1.807) is 6.92 Å². The van der Waals surface area contributed by atoms with Crippen LogP contribution in [0.4, 0.5) is 13.2 Å². The van der Waals surface area contributed by atoms with Crippen LogP contribution in [0.25, 0.3) is 0 Å². The highest BCUT2D eigenvalue weighted by atomic mass is 19.4. The van der Waals surface area contributed by atoms with E-state index in [2.05, 4.69) is 10.1 Å². The Hall–Kier alpha value is -1.80. The molecule has 0 unspecified atom stereocenters. The predicted octanol–water partition coefficient (Wildman–Crippen LogP) is 0.467. The smallest absolute Gasteiger partial charge is 0.466 e. The van der Waals surface area contributed by atoms with Gasteiger partial charge in [0.1, 0.15) is 0 Å². The quantitative estimate of drug-likeness (QED) is 0.693. The lowest BCUT2D eigenvalue weighted by Gasteiger charge is -2.23. The van der Waals surface area contributed by atoms with Crippen LogP contribution in [-0.4, -0.2) is 55.1 Å². The Balaban J connectivity index is 4.50. The molecule has 0 saturated carbocycles. The first kappa shape index (κ1) is 18.2. The highest BCUT2D eigenvalue weighted by molar-refractivity contribution is 5.82. The van der Waals surface area contributed by atoms with Gasteiger partial charge in [-0.05, 0) is 6.92 Å². The molecule has 0 saturated heterocycles. The summed E-state index contributed by atoms with van der Waals surface area (Å²) in [5, 5.41) is 2.28. The van der Waals surface area contributed by atoms with Crippen LogP contribution in [0.3, 0.4) is 0 Å². The van der Waals surface area contributed by atoms with E-state index < -0.39 is 30.5 Å². The van der Waals surface area contributed by atoms with Gasteiger partial charge >= 0.3 is 18.1 Å². The number of amides is 2. The number of halogens is 3. The number of alkyl halides is 3. The molecular weight excluding hydrogens is 281 g/mol. The summed E-state index contributed by atoms with van der Waals surface area (Å²) in [5.74, 6) is -3.16. The molecule has 0 aliphatic carbocycles. The van der Waals surface area contributed by atoms with Crippen molar-refractivity contribution in [2.75, 3.05) is 26.2 Å². The van der Waals surface area contributed by atoms with Crippen LogP contribution in [0.2, 0.25) is 0 Å². The second-order valence-corrected chi connectivity index (χ2v) is 3.83. The summed E-state index contributed by atoms with van der Waals surface area (Å²) in [7, 11) is 0. The summed E-state index contributed by atoms with van der Waals surface area (Å²) in [6, 6.07) is 0. The van der Waals surface area contributed by atoms with Gasteiger partial charge in [-0.3, -0.25) is 14.4 Å². The molecule has 0 rings (SSSR count). The zero-order valence-electron chi connectivity index (χ0n) is 11.2. The third-order valence-corrected chi connectivity index (χ3v) is 2.18. The van der Waals surface area contributed by atoms with Gasteiger partial charge in [-0.2, -0.15) is 13.2 Å². The summed E-state index contributed by atoms with van der Waals surface area (Å²) in [5.41, 5.74) is 0. The van der Waals surface area contributed by atoms with Gasteiger partial charge in [0, 0.05) is 26.6 Å². The molecule has 0 bridgehead atoms. The highest BCUT2D eigenvalue weighted by Crippen LogP contribution is 2.18. The van der Waals surface area contributed by atoms with E-state index in [-0.39, 0.29) is 26.1 Å². The van der Waals surface area contributed by atoms with Gasteiger partial charge in [0.25, 0.3) is 0 Å². The van der Waals surface area contributed by atoms with Gasteiger partial charge in [0.05, 0.1) is 13.0 Å². The van der Waals surface area contributed by atoms with Crippen LogP contribution < -0.4 is 5.32 Å². The molecule has 9 heteroatoms. The summed E-state index contributed by atoms with van der Waals surface area (Å²) in [6.07, 6.45) is -5.36. The van der Waals surface area contributed by atoms with Crippen molar-refractivity contribution in [1.29, 1.82) is 0 Å². The number of nitrogens with zero attached hydrogens (tertiary/aromatic N) is 1. The minimum Gasteiger partial charge on any atom is -0.466 e. The molecule has 0 aromatic heterocycles. The highest BCUT2D eigenvalue weighted by Gasteiger charge is 2.42. The standard InChI is InChI=1S/C11H17F3N2O4/c1-3-20-9(18)4-6-16(7-5-15-8(2)17)10(19)11(12,13)14/h3-7H2,1-2H3,(H,15,17). The molecule has 2 amide bonds. The van der Waals surface area contributed by atoms with Gasteiger partial charge in [-0.1, -0.05) is 0 Å². The van der Waals surface area contributed by atoms with Crippen LogP contribution in [0, 0.1) is 0 Å². The maximum absolute atomic E-state index is 12.4. The summed E-state index contributed by atoms with van der Waals surface area (Å²) < 4.78 is 41.7. The fourth-order valence-corrected chi connectivity index (χ4v) is 1.32. The minimum atomic E-state index is -5.02. The van der Waals surface area contributed by atoms with Crippen molar-refractivity contribution < 1.29 is 32.3 Å².